The van der Waals surface area contributed by atoms with E-state index in [9.17, 15) is 14.4 Å². The first-order valence-corrected chi connectivity index (χ1v) is 13.2. The summed E-state index contributed by atoms with van der Waals surface area (Å²) in [5, 5.41) is 1.13. The molecule has 1 saturated heterocycles. The van der Waals surface area contributed by atoms with Crippen LogP contribution in [0.5, 0.6) is 5.75 Å². The molecule has 1 N–H and O–H groups in total. The number of carbonyl (C=O) groups excluding carboxylic acids is 2. The Balaban J connectivity index is 1.33. The third-order valence-corrected chi connectivity index (χ3v) is 10.8. The van der Waals surface area contributed by atoms with Gasteiger partial charge in [-0.1, -0.05) is 41.7 Å². The summed E-state index contributed by atoms with van der Waals surface area (Å²) in [7, 11) is 1.65. The van der Waals surface area contributed by atoms with Crippen molar-refractivity contribution in [3.05, 3.63) is 74.7 Å². The zero-order valence-electron chi connectivity index (χ0n) is 18.3. The SMILES string of the molecule is COc1ccc([C@@H]2c3sc(=O)[nH]c3S[C@H]3[C@@H]4C[C@H]([C@H]5C(=O)N(c6ccccc6)C(=O)[C@H]45)[C@H]23)cc1. The van der Waals surface area contributed by atoms with Gasteiger partial charge in [0.05, 0.1) is 29.7 Å². The molecule has 4 aliphatic rings. The van der Waals surface area contributed by atoms with E-state index in [-0.39, 0.29) is 57.4 Å². The summed E-state index contributed by atoms with van der Waals surface area (Å²) in [6.07, 6.45) is 0.892. The van der Waals surface area contributed by atoms with Crippen molar-refractivity contribution in [2.24, 2.45) is 29.6 Å². The number of H-pyrrole nitrogens is 1. The van der Waals surface area contributed by atoms with Gasteiger partial charge in [0, 0.05) is 16.0 Å². The van der Waals surface area contributed by atoms with Crippen LogP contribution in [0.3, 0.4) is 0 Å². The smallest absolute Gasteiger partial charge is 0.305 e. The zero-order valence-corrected chi connectivity index (χ0v) is 20.0. The number of ether oxygens (including phenoxy) is 1. The second kappa shape index (κ2) is 7.33. The number of thioether (sulfide) groups is 1. The number of fused-ring (bicyclic) bond motifs is 9. The number of methoxy groups -OCH3 is 1. The minimum atomic E-state index is -0.280. The third-order valence-electron chi connectivity index (χ3n) is 8.21. The Morgan fingerprint density at radius 2 is 1.65 bits per heavy atom. The highest BCUT2D eigenvalue weighted by Crippen LogP contribution is 2.68. The van der Waals surface area contributed by atoms with Crippen molar-refractivity contribution in [1.29, 1.82) is 0 Å². The molecule has 2 aromatic carbocycles. The third kappa shape index (κ3) is 2.66. The molecule has 2 aliphatic carbocycles. The molecule has 7 rings (SSSR count). The number of benzene rings is 2. The van der Waals surface area contributed by atoms with E-state index in [4.69, 9.17) is 4.74 Å². The monoisotopic (exact) mass is 490 g/mol. The molecule has 0 spiro atoms. The number of hydrogen-bond donors (Lipinski definition) is 1. The number of thiazole rings is 1. The quantitative estimate of drug-likeness (QED) is 0.559. The number of rotatable bonds is 3. The lowest BCUT2D eigenvalue weighted by Gasteiger charge is -2.43. The van der Waals surface area contributed by atoms with Crippen LogP contribution < -0.4 is 14.5 Å². The summed E-state index contributed by atoms with van der Waals surface area (Å²) in [5.41, 5.74) is 1.80. The fourth-order valence-corrected chi connectivity index (χ4v) is 9.92. The Morgan fingerprint density at radius 3 is 2.35 bits per heavy atom. The zero-order chi connectivity index (χ0) is 23.1. The second-order valence-electron chi connectivity index (χ2n) is 9.58. The molecule has 172 valence electrons. The van der Waals surface area contributed by atoms with Gasteiger partial charge in [-0.2, -0.15) is 0 Å². The molecule has 6 nitrogen and oxygen atoms in total. The predicted molar refractivity (Wildman–Crippen MR) is 130 cm³/mol. The highest BCUT2D eigenvalue weighted by atomic mass is 32.2. The number of amides is 2. The Morgan fingerprint density at radius 1 is 0.941 bits per heavy atom. The number of nitrogens with one attached hydrogen (secondary N) is 1. The van der Waals surface area contributed by atoms with Crippen molar-refractivity contribution in [1.82, 2.24) is 4.98 Å². The first kappa shape index (κ1) is 20.5. The lowest BCUT2D eigenvalue weighted by molar-refractivity contribution is -0.123. The van der Waals surface area contributed by atoms with Crippen LogP contribution in [0.25, 0.3) is 0 Å². The van der Waals surface area contributed by atoms with Crippen molar-refractivity contribution in [2.45, 2.75) is 22.6 Å². The van der Waals surface area contributed by atoms with Crippen LogP contribution in [0.4, 0.5) is 5.69 Å². The second-order valence-corrected chi connectivity index (χ2v) is 11.8. The number of imide groups is 1. The molecule has 1 aromatic heterocycles. The maximum absolute atomic E-state index is 13.7. The molecule has 8 heteroatoms. The van der Waals surface area contributed by atoms with Gasteiger partial charge in [0.1, 0.15) is 5.75 Å². The summed E-state index contributed by atoms with van der Waals surface area (Å²) in [4.78, 5) is 45.1. The van der Waals surface area contributed by atoms with Crippen LogP contribution in [0.1, 0.15) is 22.8 Å². The van der Waals surface area contributed by atoms with Gasteiger partial charge >= 0.3 is 4.87 Å². The first-order valence-electron chi connectivity index (χ1n) is 11.5. The van der Waals surface area contributed by atoms with E-state index in [1.54, 1.807) is 18.9 Å². The Labute approximate surface area is 204 Å². The van der Waals surface area contributed by atoms with Gasteiger partial charge in [0.15, 0.2) is 0 Å². The van der Waals surface area contributed by atoms with Crippen LogP contribution in [0, 0.1) is 29.6 Å². The molecular weight excluding hydrogens is 468 g/mol. The number of aromatic amines is 1. The summed E-state index contributed by atoms with van der Waals surface area (Å²) >= 11 is 2.99. The van der Waals surface area contributed by atoms with Gasteiger partial charge in [-0.25, -0.2) is 0 Å². The van der Waals surface area contributed by atoms with E-state index in [1.807, 2.05) is 42.5 Å². The number of nitrogens with zero attached hydrogens (tertiary/aromatic N) is 1. The molecule has 0 radical (unpaired) electrons. The van der Waals surface area contributed by atoms with E-state index in [2.05, 4.69) is 17.1 Å². The lowest BCUT2D eigenvalue weighted by Crippen LogP contribution is -2.42. The van der Waals surface area contributed by atoms with Gasteiger partial charge in [0.2, 0.25) is 11.8 Å². The maximum Gasteiger partial charge on any atom is 0.305 e. The number of aromatic nitrogens is 1. The summed E-state index contributed by atoms with van der Waals surface area (Å²) in [5.74, 6) is 0.611. The summed E-state index contributed by atoms with van der Waals surface area (Å²) < 4.78 is 5.36. The Bertz CT molecular complexity index is 1370. The van der Waals surface area contributed by atoms with Crippen molar-refractivity contribution in [3.63, 3.8) is 0 Å². The van der Waals surface area contributed by atoms with Crippen LogP contribution in [-0.2, 0) is 9.59 Å². The topological polar surface area (TPSA) is 79.5 Å². The molecule has 34 heavy (non-hydrogen) atoms. The van der Waals surface area contributed by atoms with Gasteiger partial charge in [0.25, 0.3) is 0 Å². The normalized spacial score (nSPS) is 33.1. The van der Waals surface area contributed by atoms with E-state index in [1.165, 1.54) is 16.2 Å². The van der Waals surface area contributed by atoms with Crippen molar-refractivity contribution >= 4 is 40.6 Å². The minimum Gasteiger partial charge on any atom is -0.497 e. The van der Waals surface area contributed by atoms with Crippen LogP contribution in [0.15, 0.2) is 64.4 Å². The van der Waals surface area contributed by atoms with Crippen LogP contribution in [0.2, 0.25) is 0 Å². The number of anilines is 1. The Hall–Kier alpha value is -2.84. The Kier molecular flexibility index (Phi) is 4.42. The lowest BCUT2D eigenvalue weighted by atomic mass is 9.68. The summed E-state index contributed by atoms with van der Waals surface area (Å²) in [6, 6.07) is 17.4. The van der Waals surface area contributed by atoms with Crippen molar-refractivity contribution in [3.8, 4) is 5.75 Å². The average Bonchev–Trinajstić information content (AvgIpc) is 3.58. The molecule has 3 aromatic rings. The van der Waals surface area contributed by atoms with E-state index in [0.717, 1.165) is 27.6 Å². The largest absolute Gasteiger partial charge is 0.497 e. The molecule has 2 amide bonds. The van der Waals surface area contributed by atoms with Crippen molar-refractivity contribution < 1.29 is 14.3 Å². The molecular formula is C26H22N2O4S2. The van der Waals surface area contributed by atoms with Gasteiger partial charge in [-0.15, -0.1) is 11.8 Å². The van der Waals surface area contributed by atoms with Gasteiger partial charge < -0.3 is 9.72 Å². The number of para-hydroxylation sites is 1. The molecule has 2 saturated carbocycles. The van der Waals surface area contributed by atoms with Crippen LogP contribution in [-0.4, -0.2) is 29.2 Å². The standard InChI is InChI=1S/C26H22N2O4S2/c1-32-14-9-7-12(8-10-14)17-18-15-11-16(21(18)33-23-22(17)34-26(31)27-23)20-19(15)24(29)28(25(20)30)13-5-3-2-4-6-13/h2-10,15-21H,11H2,1H3,(H,27,31)/t15-,16+,17-,18+,19+,20+,21-/m0/s1. The molecule has 7 atom stereocenters. The first-order chi connectivity index (χ1) is 16.6. The van der Waals surface area contributed by atoms with E-state index in [0.29, 0.717) is 5.69 Å². The fourth-order valence-electron chi connectivity index (χ4n) is 7.03. The molecule has 2 bridgehead atoms. The van der Waals surface area contributed by atoms with Crippen LogP contribution >= 0.6 is 23.1 Å². The molecule has 2 aliphatic heterocycles. The fraction of sp³-hybridized carbons (Fsp3) is 0.346. The van der Waals surface area contributed by atoms with Gasteiger partial charge in [-0.05, 0) is 54.0 Å². The number of carbonyl (C=O) groups is 2. The predicted octanol–water partition coefficient (Wildman–Crippen LogP) is 4.12. The van der Waals surface area contributed by atoms with E-state index < -0.39 is 0 Å². The highest BCUT2D eigenvalue weighted by molar-refractivity contribution is 8.00. The summed E-state index contributed by atoms with van der Waals surface area (Å²) in [6.45, 7) is 0. The highest BCUT2D eigenvalue weighted by Gasteiger charge is 2.69. The van der Waals surface area contributed by atoms with Gasteiger partial charge in [-0.3, -0.25) is 19.3 Å². The molecule has 0 unspecified atom stereocenters. The average molecular weight is 491 g/mol. The maximum atomic E-state index is 13.7. The molecule has 3 fully saturated rings. The number of hydrogen-bond acceptors (Lipinski definition) is 6. The van der Waals surface area contributed by atoms with E-state index >= 15 is 0 Å². The molecule has 3 heterocycles. The minimum absolute atomic E-state index is 0.0285. The van der Waals surface area contributed by atoms with Crippen molar-refractivity contribution in [2.75, 3.05) is 12.0 Å².